The number of aromatic nitrogens is 1. The minimum absolute atomic E-state index is 0.0110. The zero-order valence-corrected chi connectivity index (χ0v) is 11.3. The zero-order chi connectivity index (χ0) is 12.3. The van der Waals surface area contributed by atoms with Gasteiger partial charge in [0.1, 0.15) is 5.56 Å². The van der Waals surface area contributed by atoms with Crippen molar-refractivity contribution in [2.24, 2.45) is 0 Å². The van der Waals surface area contributed by atoms with E-state index in [0.29, 0.717) is 17.5 Å². The topological polar surface area (TPSA) is 42.4 Å². The van der Waals surface area contributed by atoms with E-state index in [9.17, 15) is 4.79 Å². The number of ether oxygens (including phenoxy) is 1. The summed E-state index contributed by atoms with van der Waals surface area (Å²) in [6.07, 6.45) is 3.82. The second-order valence-corrected chi connectivity index (χ2v) is 4.77. The zero-order valence-electron chi connectivity index (χ0n) is 9.73. The Balaban J connectivity index is 2.21. The van der Waals surface area contributed by atoms with Crippen molar-refractivity contribution in [3.63, 3.8) is 0 Å². The number of nitrogens with zero attached hydrogens (tertiary/aromatic N) is 2. The van der Waals surface area contributed by atoms with E-state index in [1.807, 2.05) is 4.90 Å². The van der Waals surface area contributed by atoms with Gasteiger partial charge in [0, 0.05) is 24.1 Å². The van der Waals surface area contributed by atoms with Crippen LogP contribution in [0.5, 0.6) is 5.88 Å². The Morgan fingerprint density at radius 3 is 3.00 bits per heavy atom. The first-order valence-electron chi connectivity index (χ1n) is 5.64. The van der Waals surface area contributed by atoms with E-state index in [1.54, 1.807) is 18.3 Å². The molecule has 0 spiro atoms. The van der Waals surface area contributed by atoms with Crippen LogP contribution in [0.2, 0.25) is 0 Å². The van der Waals surface area contributed by atoms with E-state index >= 15 is 0 Å². The molecule has 1 heterocycles. The molecule has 0 radical (unpaired) electrons. The van der Waals surface area contributed by atoms with Gasteiger partial charge in [-0.2, -0.15) is 0 Å². The molecule has 5 heteroatoms. The minimum Gasteiger partial charge on any atom is -0.480 e. The van der Waals surface area contributed by atoms with E-state index in [0.717, 1.165) is 24.7 Å². The van der Waals surface area contributed by atoms with Crippen molar-refractivity contribution in [2.75, 3.05) is 19.0 Å². The first-order chi connectivity index (χ1) is 8.27. The highest BCUT2D eigenvalue weighted by molar-refractivity contribution is 9.09. The fourth-order valence-electron chi connectivity index (χ4n) is 1.80. The van der Waals surface area contributed by atoms with Gasteiger partial charge < -0.3 is 9.64 Å². The van der Waals surface area contributed by atoms with Gasteiger partial charge in [0.25, 0.3) is 5.91 Å². The molecule has 1 aliphatic rings. The van der Waals surface area contributed by atoms with Gasteiger partial charge in [0.2, 0.25) is 5.88 Å². The van der Waals surface area contributed by atoms with Crippen LogP contribution in [0.15, 0.2) is 18.3 Å². The Morgan fingerprint density at radius 1 is 1.65 bits per heavy atom. The van der Waals surface area contributed by atoms with E-state index in [1.165, 1.54) is 7.11 Å². The Bertz CT molecular complexity index is 407. The van der Waals surface area contributed by atoms with Crippen LogP contribution in [0.3, 0.4) is 0 Å². The predicted octanol–water partition coefficient (Wildman–Crippen LogP) is 2.09. The molecule has 1 amide bonds. The van der Waals surface area contributed by atoms with E-state index in [4.69, 9.17) is 4.74 Å². The average molecular weight is 299 g/mol. The SMILES string of the molecule is COc1ncccc1C(=O)N(CCBr)C1CC1. The third-order valence-electron chi connectivity index (χ3n) is 2.77. The number of hydrogen-bond acceptors (Lipinski definition) is 3. The minimum atomic E-state index is 0.0110. The number of carbonyl (C=O) groups excluding carboxylic acids is 1. The van der Waals surface area contributed by atoms with Crippen molar-refractivity contribution in [1.82, 2.24) is 9.88 Å². The lowest BCUT2D eigenvalue weighted by Crippen LogP contribution is -2.35. The van der Waals surface area contributed by atoms with E-state index < -0.39 is 0 Å². The Kier molecular flexibility index (Phi) is 3.99. The molecule has 0 aliphatic heterocycles. The van der Waals surface area contributed by atoms with Crippen molar-refractivity contribution in [1.29, 1.82) is 0 Å². The molecule has 92 valence electrons. The highest BCUT2D eigenvalue weighted by Gasteiger charge is 2.33. The monoisotopic (exact) mass is 298 g/mol. The molecular formula is C12H15BrN2O2. The molecule has 0 unspecified atom stereocenters. The number of amides is 1. The van der Waals surface area contributed by atoms with Crippen LogP contribution < -0.4 is 4.74 Å². The van der Waals surface area contributed by atoms with Gasteiger partial charge in [-0.25, -0.2) is 4.98 Å². The summed E-state index contributed by atoms with van der Waals surface area (Å²) in [5.41, 5.74) is 0.544. The molecule has 0 saturated heterocycles. The maximum absolute atomic E-state index is 12.4. The highest BCUT2D eigenvalue weighted by atomic mass is 79.9. The summed E-state index contributed by atoms with van der Waals surface area (Å²) in [5.74, 6) is 0.412. The molecule has 1 aromatic rings. The van der Waals surface area contributed by atoms with Gasteiger partial charge in [0.05, 0.1) is 7.11 Å². The van der Waals surface area contributed by atoms with Gasteiger partial charge in [-0.15, -0.1) is 0 Å². The molecule has 1 saturated carbocycles. The molecule has 1 fully saturated rings. The van der Waals surface area contributed by atoms with Crippen LogP contribution in [0, 0.1) is 0 Å². The third-order valence-corrected chi connectivity index (χ3v) is 3.12. The smallest absolute Gasteiger partial charge is 0.259 e. The van der Waals surface area contributed by atoms with Gasteiger partial charge in [-0.1, -0.05) is 15.9 Å². The van der Waals surface area contributed by atoms with Crippen LogP contribution in [0.4, 0.5) is 0 Å². The number of methoxy groups -OCH3 is 1. The molecule has 17 heavy (non-hydrogen) atoms. The fourth-order valence-corrected chi connectivity index (χ4v) is 2.18. The number of hydrogen-bond donors (Lipinski definition) is 0. The summed E-state index contributed by atoms with van der Waals surface area (Å²) in [4.78, 5) is 18.3. The lowest BCUT2D eigenvalue weighted by Gasteiger charge is -2.21. The molecular weight excluding hydrogens is 284 g/mol. The second kappa shape index (κ2) is 5.49. The third kappa shape index (κ3) is 2.77. The number of halogens is 1. The van der Waals surface area contributed by atoms with E-state index in [2.05, 4.69) is 20.9 Å². The Morgan fingerprint density at radius 2 is 2.41 bits per heavy atom. The largest absolute Gasteiger partial charge is 0.480 e. The summed E-state index contributed by atoms with van der Waals surface area (Å²) in [5, 5.41) is 0.790. The summed E-state index contributed by atoms with van der Waals surface area (Å²) >= 11 is 3.38. The van der Waals surface area contributed by atoms with Gasteiger partial charge in [-0.05, 0) is 25.0 Å². The average Bonchev–Trinajstić information content (AvgIpc) is 3.19. The maximum Gasteiger partial charge on any atom is 0.259 e. The summed E-state index contributed by atoms with van der Waals surface area (Å²) in [6.45, 7) is 0.724. The van der Waals surface area contributed by atoms with Gasteiger partial charge >= 0.3 is 0 Å². The number of rotatable bonds is 5. The first kappa shape index (κ1) is 12.4. The molecule has 0 aromatic carbocycles. The summed E-state index contributed by atoms with van der Waals surface area (Å²) < 4.78 is 5.12. The lowest BCUT2D eigenvalue weighted by atomic mass is 10.2. The van der Waals surface area contributed by atoms with Crippen LogP contribution in [-0.2, 0) is 0 Å². The molecule has 1 aromatic heterocycles. The normalized spacial score (nSPS) is 14.5. The van der Waals surface area contributed by atoms with Gasteiger partial charge in [-0.3, -0.25) is 4.79 Å². The molecule has 2 rings (SSSR count). The van der Waals surface area contributed by atoms with Crippen LogP contribution in [0.25, 0.3) is 0 Å². The van der Waals surface area contributed by atoms with Gasteiger partial charge in [0.15, 0.2) is 0 Å². The summed E-state index contributed by atoms with van der Waals surface area (Å²) in [7, 11) is 1.53. The quantitative estimate of drug-likeness (QED) is 0.782. The maximum atomic E-state index is 12.4. The van der Waals surface area contributed by atoms with Crippen molar-refractivity contribution in [3.05, 3.63) is 23.9 Å². The van der Waals surface area contributed by atoms with Crippen LogP contribution >= 0.6 is 15.9 Å². The molecule has 0 N–H and O–H groups in total. The Hall–Kier alpha value is -1.10. The van der Waals surface area contributed by atoms with E-state index in [-0.39, 0.29) is 5.91 Å². The van der Waals surface area contributed by atoms with Crippen molar-refractivity contribution < 1.29 is 9.53 Å². The molecule has 0 atom stereocenters. The number of pyridine rings is 1. The second-order valence-electron chi connectivity index (χ2n) is 3.98. The number of carbonyl (C=O) groups is 1. The summed E-state index contributed by atoms with van der Waals surface area (Å²) in [6, 6.07) is 3.91. The molecule has 0 bridgehead atoms. The molecule has 4 nitrogen and oxygen atoms in total. The molecule has 1 aliphatic carbocycles. The van der Waals surface area contributed by atoms with Crippen molar-refractivity contribution >= 4 is 21.8 Å². The first-order valence-corrected chi connectivity index (χ1v) is 6.76. The standard InChI is InChI=1S/C12H15BrN2O2/c1-17-11-10(3-2-7-14-11)12(16)15(8-6-13)9-4-5-9/h2-3,7,9H,4-6,8H2,1H3. The van der Waals surface area contributed by atoms with Crippen molar-refractivity contribution in [3.8, 4) is 5.88 Å². The highest BCUT2D eigenvalue weighted by Crippen LogP contribution is 2.29. The predicted molar refractivity (Wildman–Crippen MR) is 68.6 cm³/mol. The fraction of sp³-hybridized carbons (Fsp3) is 0.500. The lowest BCUT2D eigenvalue weighted by molar-refractivity contribution is 0.0750. The number of alkyl halides is 1. The van der Waals surface area contributed by atoms with Crippen molar-refractivity contribution in [2.45, 2.75) is 18.9 Å². The van der Waals surface area contributed by atoms with Crippen LogP contribution in [-0.4, -0.2) is 40.8 Å². The van der Waals surface area contributed by atoms with Crippen LogP contribution in [0.1, 0.15) is 23.2 Å². The Labute approximate surface area is 109 Å².